The molecule has 3 N–H and O–H groups in total. The second-order valence-electron chi connectivity index (χ2n) is 5.31. The number of aliphatic carboxylic acids is 1. The zero-order valence-electron chi connectivity index (χ0n) is 12.7. The van der Waals surface area contributed by atoms with Crippen LogP contribution in [0.15, 0.2) is 10.3 Å². The second kappa shape index (κ2) is 9.60. The SMILES string of the molecule is CC(C)(C)OC(=O)N[C@@H](CCCNCN=N[N+](=O)[O-])C(=O)O. The van der Waals surface area contributed by atoms with Gasteiger partial charge in [0.25, 0.3) is 0 Å². The molecule has 0 aliphatic rings. The number of nitro groups is 1. The molecule has 0 aromatic rings. The van der Waals surface area contributed by atoms with E-state index in [9.17, 15) is 19.7 Å². The number of nitrogens with zero attached hydrogens (tertiary/aromatic N) is 3. The van der Waals surface area contributed by atoms with Gasteiger partial charge in [0.1, 0.15) is 11.6 Å². The molecule has 0 heterocycles. The third kappa shape index (κ3) is 11.5. The van der Waals surface area contributed by atoms with Crippen molar-refractivity contribution in [1.82, 2.24) is 10.6 Å². The minimum Gasteiger partial charge on any atom is -0.480 e. The van der Waals surface area contributed by atoms with Crippen molar-refractivity contribution >= 4 is 12.1 Å². The summed E-state index contributed by atoms with van der Waals surface area (Å²) in [4.78, 5) is 32.4. The fourth-order valence-electron chi connectivity index (χ4n) is 1.35. The van der Waals surface area contributed by atoms with E-state index in [1.165, 1.54) is 0 Å². The summed E-state index contributed by atoms with van der Waals surface area (Å²) in [5.74, 6) is -1.17. The van der Waals surface area contributed by atoms with Crippen molar-refractivity contribution in [3.05, 3.63) is 10.1 Å². The standard InChI is InChI=1S/C11H21N5O6/c1-11(2,3)22-10(19)14-8(9(17)18)5-4-6-12-7-13-15-16(20)21/h8,12H,4-7H2,1-3H3,(H,14,19)(H,17,18)/t8-/m0/s1. The van der Waals surface area contributed by atoms with E-state index in [-0.39, 0.29) is 13.1 Å². The van der Waals surface area contributed by atoms with Crippen LogP contribution in [0.25, 0.3) is 0 Å². The first-order valence-corrected chi connectivity index (χ1v) is 6.56. The van der Waals surface area contributed by atoms with Crippen LogP contribution in [-0.2, 0) is 9.53 Å². The molecule has 0 rings (SSSR count). The third-order valence-electron chi connectivity index (χ3n) is 2.15. The summed E-state index contributed by atoms with van der Waals surface area (Å²) in [5, 5.41) is 28.8. The molecule has 22 heavy (non-hydrogen) atoms. The highest BCUT2D eigenvalue weighted by atomic mass is 16.7. The molecule has 0 saturated carbocycles. The smallest absolute Gasteiger partial charge is 0.408 e. The summed E-state index contributed by atoms with van der Waals surface area (Å²) in [5.41, 5.74) is -0.712. The molecule has 1 atom stereocenters. The molecule has 126 valence electrons. The van der Waals surface area contributed by atoms with Gasteiger partial charge in [-0.15, -0.1) is 0 Å². The maximum atomic E-state index is 11.5. The lowest BCUT2D eigenvalue weighted by atomic mass is 10.1. The van der Waals surface area contributed by atoms with Crippen LogP contribution in [0.1, 0.15) is 33.6 Å². The molecular weight excluding hydrogens is 298 g/mol. The zero-order chi connectivity index (χ0) is 17.2. The lowest BCUT2D eigenvalue weighted by Crippen LogP contribution is -2.43. The highest BCUT2D eigenvalue weighted by Gasteiger charge is 2.23. The van der Waals surface area contributed by atoms with Crippen LogP contribution in [0.3, 0.4) is 0 Å². The number of nitrogens with one attached hydrogen (secondary N) is 2. The minimum atomic E-state index is -1.17. The molecule has 0 aromatic heterocycles. The average Bonchev–Trinajstić information content (AvgIpc) is 2.33. The lowest BCUT2D eigenvalue weighted by Gasteiger charge is -2.21. The molecule has 0 aliphatic carbocycles. The lowest BCUT2D eigenvalue weighted by molar-refractivity contribution is -0.494. The number of carboxylic acid groups (broad SMARTS) is 1. The van der Waals surface area contributed by atoms with E-state index in [0.29, 0.717) is 13.0 Å². The van der Waals surface area contributed by atoms with Crippen molar-refractivity contribution in [1.29, 1.82) is 0 Å². The Morgan fingerprint density at radius 2 is 2.05 bits per heavy atom. The van der Waals surface area contributed by atoms with Gasteiger partial charge in [0.15, 0.2) is 5.22 Å². The predicted molar refractivity (Wildman–Crippen MR) is 74.7 cm³/mol. The first-order chi connectivity index (χ1) is 10.1. The Bertz CT molecular complexity index is 420. The summed E-state index contributed by atoms with van der Waals surface area (Å²) in [6.07, 6.45) is -0.207. The molecule has 11 nitrogen and oxygen atoms in total. The molecule has 0 unspecified atom stereocenters. The summed E-state index contributed by atoms with van der Waals surface area (Å²) >= 11 is 0. The summed E-state index contributed by atoms with van der Waals surface area (Å²) < 4.78 is 4.98. The van der Waals surface area contributed by atoms with Crippen LogP contribution < -0.4 is 10.6 Å². The highest BCUT2D eigenvalue weighted by Crippen LogP contribution is 2.07. The maximum Gasteiger partial charge on any atom is 0.408 e. The number of alkyl carbamates (subject to hydrolysis) is 1. The van der Waals surface area contributed by atoms with Gasteiger partial charge in [-0.3, -0.25) is 5.32 Å². The van der Waals surface area contributed by atoms with E-state index >= 15 is 0 Å². The number of carbonyl (C=O) groups excluding carboxylic acids is 1. The molecule has 0 saturated heterocycles. The molecule has 0 radical (unpaired) electrons. The molecular formula is C11H21N5O6. The Balaban J connectivity index is 4.03. The topological polar surface area (TPSA) is 156 Å². The largest absolute Gasteiger partial charge is 0.480 e. The Morgan fingerprint density at radius 3 is 2.55 bits per heavy atom. The Hall–Kier alpha value is -2.30. The van der Waals surface area contributed by atoms with Crippen LogP contribution in [0.2, 0.25) is 0 Å². The zero-order valence-corrected chi connectivity index (χ0v) is 12.7. The molecule has 0 aliphatic heterocycles. The van der Waals surface area contributed by atoms with Gasteiger partial charge in [0, 0.05) is 0 Å². The second-order valence-corrected chi connectivity index (χ2v) is 5.31. The number of ether oxygens (including phenoxy) is 1. The van der Waals surface area contributed by atoms with Gasteiger partial charge in [0.05, 0.1) is 10.1 Å². The van der Waals surface area contributed by atoms with Crippen molar-refractivity contribution in [3.8, 4) is 0 Å². The minimum absolute atomic E-state index is 0.0434. The normalized spacial score (nSPS) is 12.9. The van der Waals surface area contributed by atoms with Gasteiger partial charge < -0.3 is 25.3 Å². The molecule has 0 aromatic carbocycles. The highest BCUT2D eigenvalue weighted by molar-refractivity contribution is 5.79. The van der Waals surface area contributed by atoms with Gasteiger partial charge in [-0.25, -0.2) is 9.59 Å². The van der Waals surface area contributed by atoms with E-state index in [0.717, 1.165) is 0 Å². The average molecular weight is 319 g/mol. The monoisotopic (exact) mass is 319 g/mol. The summed E-state index contributed by atoms with van der Waals surface area (Å²) in [6, 6.07) is -1.07. The van der Waals surface area contributed by atoms with Crippen molar-refractivity contribution in [2.24, 2.45) is 10.3 Å². The Kier molecular flexibility index (Phi) is 8.60. The Morgan fingerprint density at radius 1 is 1.41 bits per heavy atom. The molecule has 0 spiro atoms. The van der Waals surface area contributed by atoms with Gasteiger partial charge in [-0.05, 0) is 40.2 Å². The van der Waals surface area contributed by atoms with E-state index in [4.69, 9.17) is 9.84 Å². The molecule has 0 bridgehead atoms. The maximum absolute atomic E-state index is 11.5. The van der Waals surface area contributed by atoms with Gasteiger partial charge in [-0.1, -0.05) is 0 Å². The van der Waals surface area contributed by atoms with Crippen molar-refractivity contribution in [3.63, 3.8) is 0 Å². The van der Waals surface area contributed by atoms with Crippen LogP contribution in [0, 0.1) is 10.1 Å². The van der Waals surface area contributed by atoms with Crippen molar-refractivity contribution in [2.45, 2.75) is 45.3 Å². The quantitative estimate of drug-likeness (QED) is 0.247. The van der Waals surface area contributed by atoms with Crippen LogP contribution >= 0.6 is 0 Å². The fourth-order valence-corrected chi connectivity index (χ4v) is 1.35. The number of hydrogen-bond acceptors (Lipinski definition) is 7. The fraction of sp³-hybridized carbons (Fsp3) is 0.818. The van der Waals surface area contributed by atoms with Gasteiger partial charge >= 0.3 is 12.1 Å². The number of amides is 1. The van der Waals surface area contributed by atoms with Gasteiger partial charge in [-0.2, -0.15) is 0 Å². The van der Waals surface area contributed by atoms with E-state index in [1.54, 1.807) is 20.8 Å². The van der Waals surface area contributed by atoms with Crippen molar-refractivity contribution in [2.75, 3.05) is 13.2 Å². The van der Waals surface area contributed by atoms with Crippen LogP contribution in [-0.4, -0.2) is 47.1 Å². The summed E-state index contributed by atoms with van der Waals surface area (Å²) in [7, 11) is 0. The number of carboxylic acids is 1. The van der Waals surface area contributed by atoms with E-state index in [1.807, 2.05) is 0 Å². The molecule has 1 amide bonds. The summed E-state index contributed by atoms with van der Waals surface area (Å²) in [6.45, 7) is 5.35. The predicted octanol–water partition coefficient (Wildman–Crippen LogP) is 0.935. The van der Waals surface area contributed by atoms with Crippen molar-refractivity contribution < 1.29 is 24.5 Å². The van der Waals surface area contributed by atoms with Gasteiger partial charge in [0.2, 0.25) is 6.67 Å². The van der Waals surface area contributed by atoms with E-state index in [2.05, 4.69) is 21.0 Å². The van der Waals surface area contributed by atoms with Crippen LogP contribution in [0.5, 0.6) is 0 Å². The van der Waals surface area contributed by atoms with E-state index < -0.39 is 28.7 Å². The first kappa shape index (κ1) is 19.7. The van der Waals surface area contributed by atoms with Crippen LogP contribution in [0.4, 0.5) is 4.79 Å². The Labute approximate surface area is 127 Å². The number of carbonyl (C=O) groups is 2. The third-order valence-corrected chi connectivity index (χ3v) is 2.15. The number of rotatable bonds is 9. The molecule has 11 heteroatoms. The number of hydrogen-bond donors (Lipinski definition) is 3. The first-order valence-electron chi connectivity index (χ1n) is 6.56. The molecule has 0 fully saturated rings.